The molecule has 2 rings (SSSR count). The van der Waals surface area contributed by atoms with Crippen LogP contribution in [-0.2, 0) is 0 Å². The van der Waals surface area contributed by atoms with Crippen LogP contribution >= 0.6 is 0 Å². The van der Waals surface area contributed by atoms with E-state index in [-0.39, 0.29) is 0 Å². The smallest absolute Gasteiger partial charge is 0.173 e. The summed E-state index contributed by atoms with van der Waals surface area (Å²) in [4.78, 5) is 3.99. The Bertz CT molecular complexity index is 241. The van der Waals surface area contributed by atoms with Gasteiger partial charge in [-0.2, -0.15) is 0 Å². The van der Waals surface area contributed by atoms with Crippen molar-refractivity contribution in [3.63, 3.8) is 0 Å². The summed E-state index contributed by atoms with van der Waals surface area (Å²) < 4.78 is 0. The lowest BCUT2D eigenvalue weighted by molar-refractivity contribution is 1.00. The van der Waals surface area contributed by atoms with Crippen LogP contribution in [0.5, 0.6) is 0 Å². The molecule has 1 aliphatic rings. The first-order valence-corrected chi connectivity index (χ1v) is 2.83. The van der Waals surface area contributed by atoms with Crippen LogP contribution in [0.3, 0.4) is 0 Å². The van der Waals surface area contributed by atoms with Gasteiger partial charge in [-0.1, -0.05) is 5.22 Å². The van der Waals surface area contributed by atoms with E-state index in [0.717, 1.165) is 5.69 Å². The second kappa shape index (κ2) is 1.94. The van der Waals surface area contributed by atoms with Crippen molar-refractivity contribution in [2.75, 3.05) is 10.9 Å². The average Bonchev–Trinajstić information content (AvgIpc) is 2.05. The molecule has 0 spiro atoms. The third-order valence-electron chi connectivity index (χ3n) is 1.18. The van der Waals surface area contributed by atoms with E-state index < -0.39 is 0 Å². The molecule has 0 saturated carbocycles. The first-order chi connectivity index (χ1) is 4.97. The Morgan fingerprint density at radius 2 is 2.10 bits per heavy atom. The third kappa shape index (κ3) is 0.680. The fraction of sp³-hybridized carbons (Fsp3) is 0. The molecule has 0 amide bonds. The predicted octanol–water partition coefficient (Wildman–Crippen LogP) is 1.20. The standard InChI is InChI=1S/C5H5N5/c1-2-4-5(6-3-1)8-10-9-7-4/h1-3H,(H,7,10)(H,6,8,9). The molecule has 0 atom stereocenters. The summed E-state index contributed by atoms with van der Waals surface area (Å²) in [6.07, 6.45) is 1.69. The van der Waals surface area contributed by atoms with E-state index in [1.165, 1.54) is 0 Å². The van der Waals surface area contributed by atoms with Crippen molar-refractivity contribution in [2.24, 2.45) is 10.4 Å². The van der Waals surface area contributed by atoms with Gasteiger partial charge in [-0.15, -0.1) is 0 Å². The third-order valence-corrected chi connectivity index (χ3v) is 1.18. The minimum atomic E-state index is 0.706. The normalized spacial score (nSPS) is 13.2. The monoisotopic (exact) mass is 135 g/mol. The summed E-state index contributed by atoms with van der Waals surface area (Å²) >= 11 is 0. The van der Waals surface area contributed by atoms with Crippen LogP contribution in [0, 0.1) is 0 Å². The van der Waals surface area contributed by atoms with Crippen molar-refractivity contribution >= 4 is 11.5 Å². The van der Waals surface area contributed by atoms with E-state index in [4.69, 9.17) is 0 Å². The van der Waals surface area contributed by atoms with Gasteiger partial charge in [0.1, 0.15) is 5.69 Å². The number of nitrogens with zero attached hydrogens (tertiary/aromatic N) is 3. The molecule has 1 aliphatic heterocycles. The van der Waals surface area contributed by atoms with Crippen LogP contribution in [-0.4, -0.2) is 4.98 Å². The molecule has 1 aromatic rings. The maximum Gasteiger partial charge on any atom is 0.173 e. The Morgan fingerprint density at radius 1 is 1.20 bits per heavy atom. The van der Waals surface area contributed by atoms with E-state index in [2.05, 4.69) is 26.3 Å². The van der Waals surface area contributed by atoms with Crippen LogP contribution in [0.25, 0.3) is 0 Å². The number of nitrogens with one attached hydrogen (secondary N) is 2. The Morgan fingerprint density at radius 3 is 3.00 bits per heavy atom. The fourth-order valence-electron chi connectivity index (χ4n) is 0.736. The lowest BCUT2D eigenvalue weighted by Gasteiger charge is -2.08. The molecule has 0 saturated heterocycles. The van der Waals surface area contributed by atoms with Gasteiger partial charge in [-0.25, -0.2) is 10.4 Å². The molecule has 50 valence electrons. The van der Waals surface area contributed by atoms with Gasteiger partial charge in [0.2, 0.25) is 0 Å². The van der Waals surface area contributed by atoms with Crippen LogP contribution in [0.4, 0.5) is 11.5 Å². The Labute approximate surface area is 57.1 Å². The fourth-order valence-corrected chi connectivity index (χ4v) is 0.736. The van der Waals surface area contributed by atoms with Gasteiger partial charge in [0.15, 0.2) is 5.82 Å². The molecular formula is C5H5N5. The molecule has 5 heteroatoms. The molecule has 0 radical (unpaired) electrons. The number of anilines is 2. The van der Waals surface area contributed by atoms with Crippen molar-refractivity contribution in [3.8, 4) is 0 Å². The number of hydrogen-bond donors (Lipinski definition) is 2. The van der Waals surface area contributed by atoms with E-state index in [9.17, 15) is 0 Å². The lowest BCUT2D eigenvalue weighted by atomic mass is 10.4. The molecule has 0 aliphatic carbocycles. The van der Waals surface area contributed by atoms with Crippen LogP contribution in [0.1, 0.15) is 0 Å². The van der Waals surface area contributed by atoms with E-state index in [0.29, 0.717) is 5.82 Å². The summed E-state index contributed by atoms with van der Waals surface area (Å²) in [5, 5.41) is 7.06. The van der Waals surface area contributed by atoms with Crippen LogP contribution < -0.4 is 10.9 Å². The zero-order valence-corrected chi connectivity index (χ0v) is 5.07. The van der Waals surface area contributed by atoms with Gasteiger partial charge in [0.05, 0.1) is 0 Å². The molecule has 5 nitrogen and oxygen atoms in total. The number of rotatable bonds is 0. The van der Waals surface area contributed by atoms with E-state index >= 15 is 0 Å². The first-order valence-electron chi connectivity index (χ1n) is 2.83. The van der Waals surface area contributed by atoms with E-state index in [1.54, 1.807) is 6.20 Å². The van der Waals surface area contributed by atoms with Gasteiger partial charge in [-0.3, -0.25) is 5.43 Å². The summed E-state index contributed by atoms with van der Waals surface area (Å²) in [5.74, 6) is 0.706. The van der Waals surface area contributed by atoms with Crippen LogP contribution in [0.15, 0.2) is 28.8 Å². The molecule has 2 heterocycles. The van der Waals surface area contributed by atoms with Gasteiger partial charge < -0.3 is 0 Å². The number of pyridine rings is 1. The van der Waals surface area contributed by atoms with Gasteiger partial charge in [0.25, 0.3) is 0 Å². The highest BCUT2D eigenvalue weighted by molar-refractivity contribution is 5.63. The number of hydrogen-bond acceptors (Lipinski definition) is 5. The largest absolute Gasteiger partial charge is 0.255 e. The van der Waals surface area contributed by atoms with Crippen LogP contribution in [0.2, 0.25) is 0 Å². The predicted molar refractivity (Wildman–Crippen MR) is 36.3 cm³/mol. The Hall–Kier alpha value is -1.65. The van der Waals surface area contributed by atoms with Crippen molar-refractivity contribution < 1.29 is 0 Å². The second-order valence-electron chi connectivity index (χ2n) is 1.82. The molecule has 0 bridgehead atoms. The Balaban J connectivity index is 2.47. The number of fused-ring (bicyclic) bond motifs is 1. The highest BCUT2D eigenvalue weighted by atomic mass is 15.6. The SMILES string of the molecule is c1cnc2c(c1)NN=NN2. The highest BCUT2D eigenvalue weighted by Gasteiger charge is 2.03. The molecule has 10 heavy (non-hydrogen) atoms. The van der Waals surface area contributed by atoms with Gasteiger partial charge >= 0.3 is 0 Å². The minimum absolute atomic E-state index is 0.706. The van der Waals surface area contributed by atoms with Crippen molar-refractivity contribution in [1.82, 2.24) is 4.98 Å². The summed E-state index contributed by atoms with van der Waals surface area (Å²) in [6.45, 7) is 0. The first kappa shape index (κ1) is 5.16. The minimum Gasteiger partial charge on any atom is -0.255 e. The average molecular weight is 135 g/mol. The van der Waals surface area contributed by atoms with Gasteiger partial charge in [0, 0.05) is 6.20 Å². The summed E-state index contributed by atoms with van der Waals surface area (Å²) in [5.41, 5.74) is 6.19. The zero-order valence-electron chi connectivity index (χ0n) is 5.07. The maximum atomic E-state index is 3.99. The molecule has 0 fully saturated rings. The molecule has 0 aromatic carbocycles. The Kier molecular flexibility index (Phi) is 1.00. The summed E-state index contributed by atoms with van der Waals surface area (Å²) in [7, 11) is 0. The molecule has 0 unspecified atom stereocenters. The topological polar surface area (TPSA) is 61.7 Å². The van der Waals surface area contributed by atoms with Crippen molar-refractivity contribution in [2.45, 2.75) is 0 Å². The maximum absolute atomic E-state index is 3.99. The quantitative estimate of drug-likeness (QED) is 0.561. The second-order valence-corrected chi connectivity index (χ2v) is 1.82. The van der Waals surface area contributed by atoms with Gasteiger partial charge in [-0.05, 0) is 17.4 Å². The molecular weight excluding hydrogens is 130 g/mol. The highest BCUT2D eigenvalue weighted by Crippen LogP contribution is 2.19. The summed E-state index contributed by atoms with van der Waals surface area (Å²) in [6, 6.07) is 3.70. The van der Waals surface area contributed by atoms with Crippen molar-refractivity contribution in [3.05, 3.63) is 18.3 Å². The number of aromatic nitrogens is 1. The van der Waals surface area contributed by atoms with Crippen molar-refractivity contribution in [1.29, 1.82) is 0 Å². The zero-order chi connectivity index (χ0) is 6.81. The molecule has 1 aromatic heterocycles. The van der Waals surface area contributed by atoms with E-state index in [1.807, 2.05) is 12.1 Å². The lowest BCUT2D eigenvalue weighted by Crippen LogP contribution is -2.02. The molecule has 2 N–H and O–H groups in total.